The zero-order valence-electron chi connectivity index (χ0n) is 10.1. The van der Waals surface area contributed by atoms with E-state index in [-0.39, 0.29) is 5.88 Å². The number of rotatable bonds is 2. The molecule has 1 aromatic carbocycles. The third kappa shape index (κ3) is 1.88. The maximum Gasteiger partial charge on any atom is 0.230 e. The maximum atomic E-state index is 6.39. The minimum atomic E-state index is 0.239. The lowest BCUT2D eigenvalue weighted by Crippen LogP contribution is -1.90. The Labute approximate surface area is 113 Å². The highest BCUT2D eigenvalue weighted by molar-refractivity contribution is 6.38. The molecule has 5 nitrogen and oxygen atoms in total. The molecule has 0 fully saturated rings. The van der Waals surface area contributed by atoms with Crippen LogP contribution in [-0.4, -0.2) is 17.3 Å². The van der Waals surface area contributed by atoms with Gasteiger partial charge in [0.05, 0.1) is 29.4 Å². The first kappa shape index (κ1) is 11.8. The van der Waals surface area contributed by atoms with Crippen LogP contribution in [0.2, 0.25) is 5.02 Å². The Morgan fingerprint density at radius 1 is 1.21 bits per heavy atom. The molecule has 19 heavy (non-hydrogen) atoms. The molecule has 2 N–H and O–H groups in total. The molecule has 96 valence electrons. The van der Waals surface area contributed by atoms with Crippen molar-refractivity contribution in [1.29, 1.82) is 0 Å². The number of halogens is 1. The van der Waals surface area contributed by atoms with Crippen LogP contribution in [0, 0.1) is 0 Å². The first-order chi connectivity index (χ1) is 9.20. The standard InChI is InChI=1S/C13H10ClN3O2/c1-18-11-5-3-8-10(17-11)4-2-7(12(8)14)9-6-16-19-13(9)15/h2-6H,15H2,1H3. The Balaban J connectivity index is 2.24. The Hall–Kier alpha value is -2.27. The first-order valence-electron chi connectivity index (χ1n) is 5.54. The van der Waals surface area contributed by atoms with Crippen molar-refractivity contribution < 1.29 is 9.26 Å². The van der Waals surface area contributed by atoms with Crippen LogP contribution in [-0.2, 0) is 0 Å². The van der Waals surface area contributed by atoms with Crippen molar-refractivity contribution >= 4 is 28.4 Å². The molecule has 0 amide bonds. The molecule has 3 rings (SSSR count). The van der Waals surface area contributed by atoms with Crippen molar-refractivity contribution in [3.63, 3.8) is 0 Å². The minimum Gasteiger partial charge on any atom is -0.481 e. The van der Waals surface area contributed by atoms with Crippen LogP contribution in [0.15, 0.2) is 35.0 Å². The molecule has 3 aromatic rings. The third-order valence-electron chi connectivity index (χ3n) is 2.88. The van der Waals surface area contributed by atoms with Crippen LogP contribution in [0.25, 0.3) is 22.0 Å². The fourth-order valence-electron chi connectivity index (χ4n) is 1.92. The van der Waals surface area contributed by atoms with Crippen LogP contribution in [0.4, 0.5) is 5.88 Å². The Bertz CT molecular complexity index is 755. The van der Waals surface area contributed by atoms with Crippen LogP contribution in [0.3, 0.4) is 0 Å². The van der Waals surface area contributed by atoms with Gasteiger partial charge in [-0.05, 0) is 12.1 Å². The summed E-state index contributed by atoms with van der Waals surface area (Å²) >= 11 is 6.39. The molecule has 0 atom stereocenters. The van der Waals surface area contributed by atoms with E-state index in [4.69, 9.17) is 26.6 Å². The normalized spacial score (nSPS) is 10.8. The van der Waals surface area contributed by atoms with Gasteiger partial charge in [0.25, 0.3) is 0 Å². The van der Waals surface area contributed by atoms with Gasteiger partial charge in [-0.1, -0.05) is 22.8 Å². The minimum absolute atomic E-state index is 0.239. The Morgan fingerprint density at radius 3 is 2.74 bits per heavy atom. The highest BCUT2D eigenvalue weighted by Gasteiger charge is 2.14. The molecule has 0 aliphatic rings. The van der Waals surface area contributed by atoms with E-state index in [1.807, 2.05) is 18.2 Å². The summed E-state index contributed by atoms with van der Waals surface area (Å²) in [6.45, 7) is 0. The number of nitrogen functional groups attached to an aromatic ring is 1. The smallest absolute Gasteiger partial charge is 0.230 e. The van der Waals surface area contributed by atoms with E-state index >= 15 is 0 Å². The molecule has 0 saturated heterocycles. The van der Waals surface area contributed by atoms with Crippen molar-refractivity contribution in [2.45, 2.75) is 0 Å². The van der Waals surface area contributed by atoms with E-state index in [9.17, 15) is 0 Å². The molecule has 2 heterocycles. The quantitative estimate of drug-likeness (QED) is 0.778. The highest BCUT2D eigenvalue weighted by atomic mass is 35.5. The molecule has 0 aliphatic heterocycles. The van der Waals surface area contributed by atoms with Gasteiger partial charge in [0.2, 0.25) is 11.8 Å². The molecule has 0 bridgehead atoms. The summed E-state index contributed by atoms with van der Waals surface area (Å²) in [6.07, 6.45) is 1.54. The van der Waals surface area contributed by atoms with Crippen molar-refractivity contribution in [3.05, 3.63) is 35.5 Å². The summed E-state index contributed by atoms with van der Waals surface area (Å²) in [6, 6.07) is 7.30. The van der Waals surface area contributed by atoms with Gasteiger partial charge >= 0.3 is 0 Å². The summed E-state index contributed by atoms with van der Waals surface area (Å²) in [5, 5.41) is 5.03. The number of nitrogens with two attached hydrogens (primary N) is 1. The van der Waals surface area contributed by atoms with Crippen molar-refractivity contribution in [3.8, 4) is 17.0 Å². The van der Waals surface area contributed by atoms with E-state index < -0.39 is 0 Å². The van der Waals surface area contributed by atoms with Gasteiger partial charge in [-0.25, -0.2) is 4.98 Å². The number of methoxy groups -OCH3 is 1. The van der Waals surface area contributed by atoms with Crippen LogP contribution in [0.5, 0.6) is 5.88 Å². The number of hydrogen-bond donors (Lipinski definition) is 1. The summed E-state index contributed by atoms with van der Waals surface area (Å²) in [7, 11) is 1.57. The van der Waals surface area contributed by atoms with Gasteiger partial charge in [-0.15, -0.1) is 0 Å². The monoisotopic (exact) mass is 275 g/mol. The summed E-state index contributed by atoms with van der Waals surface area (Å²) in [5.74, 6) is 0.781. The van der Waals surface area contributed by atoms with E-state index in [1.54, 1.807) is 19.4 Å². The average molecular weight is 276 g/mol. The summed E-state index contributed by atoms with van der Waals surface area (Å²) < 4.78 is 9.94. The average Bonchev–Trinajstić information content (AvgIpc) is 2.85. The van der Waals surface area contributed by atoms with Crippen molar-refractivity contribution in [2.24, 2.45) is 0 Å². The van der Waals surface area contributed by atoms with E-state index in [1.165, 1.54) is 0 Å². The predicted molar refractivity (Wildman–Crippen MR) is 73.2 cm³/mol. The predicted octanol–water partition coefficient (Wildman–Crippen LogP) is 3.13. The lowest BCUT2D eigenvalue weighted by molar-refractivity contribution is 0.399. The third-order valence-corrected chi connectivity index (χ3v) is 3.28. The van der Waals surface area contributed by atoms with Crippen LogP contribution in [0.1, 0.15) is 0 Å². The Kier molecular flexibility index (Phi) is 2.76. The van der Waals surface area contributed by atoms with Gasteiger partial charge in [0.15, 0.2) is 0 Å². The lowest BCUT2D eigenvalue weighted by atomic mass is 10.1. The number of ether oxygens (including phenoxy) is 1. The number of pyridine rings is 1. The molecule has 2 aromatic heterocycles. The van der Waals surface area contributed by atoms with Gasteiger partial charge in [0, 0.05) is 17.0 Å². The van der Waals surface area contributed by atoms with Gasteiger partial charge in [-0.2, -0.15) is 0 Å². The van der Waals surface area contributed by atoms with Gasteiger partial charge in [-0.3, -0.25) is 0 Å². The lowest BCUT2D eigenvalue weighted by Gasteiger charge is -2.07. The highest BCUT2D eigenvalue weighted by Crippen LogP contribution is 2.36. The summed E-state index contributed by atoms with van der Waals surface area (Å²) in [5.41, 5.74) is 7.89. The second kappa shape index (κ2) is 4.44. The van der Waals surface area contributed by atoms with Crippen molar-refractivity contribution in [1.82, 2.24) is 10.1 Å². The molecule has 0 unspecified atom stereocenters. The molecular weight excluding hydrogens is 266 g/mol. The zero-order chi connectivity index (χ0) is 13.4. The van der Waals surface area contributed by atoms with Gasteiger partial charge < -0.3 is 15.0 Å². The molecule has 0 radical (unpaired) electrons. The number of hydrogen-bond acceptors (Lipinski definition) is 5. The number of aromatic nitrogens is 2. The molecule has 0 saturated carbocycles. The van der Waals surface area contributed by atoms with E-state index in [2.05, 4.69) is 10.1 Å². The van der Waals surface area contributed by atoms with Gasteiger partial charge in [0.1, 0.15) is 0 Å². The SMILES string of the molecule is COc1ccc2c(Cl)c(-c3cnoc3N)ccc2n1. The molecule has 6 heteroatoms. The second-order valence-corrected chi connectivity index (χ2v) is 4.33. The van der Waals surface area contributed by atoms with Crippen molar-refractivity contribution in [2.75, 3.05) is 12.8 Å². The zero-order valence-corrected chi connectivity index (χ0v) is 10.8. The molecule has 0 spiro atoms. The number of benzene rings is 1. The Morgan fingerprint density at radius 2 is 2.05 bits per heavy atom. The largest absolute Gasteiger partial charge is 0.481 e. The maximum absolute atomic E-state index is 6.39. The fraction of sp³-hybridized carbons (Fsp3) is 0.0769. The first-order valence-corrected chi connectivity index (χ1v) is 5.92. The van der Waals surface area contributed by atoms with Crippen LogP contribution >= 0.6 is 11.6 Å². The topological polar surface area (TPSA) is 74.2 Å². The van der Waals surface area contributed by atoms with Crippen LogP contribution < -0.4 is 10.5 Å². The number of fused-ring (bicyclic) bond motifs is 1. The van der Waals surface area contributed by atoms with E-state index in [0.717, 1.165) is 16.5 Å². The number of nitrogens with zero attached hydrogens (tertiary/aromatic N) is 2. The molecule has 0 aliphatic carbocycles. The molecular formula is C13H10ClN3O2. The fourth-order valence-corrected chi connectivity index (χ4v) is 2.25. The summed E-state index contributed by atoms with van der Waals surface area (Å²) in [4.78, 5) is 4.32. The number of anilines is 1. The van der Waals surface area contributed by atoms with E-state index in [0.29, 0.717) is 16.5 Å². The second-order valence-electron chi connectivity index (χ2n) is 3.95.